The van der Waals surface area contributed by atoms with Gasteiger partial charge in [-0.1, -0.05) is 0 Å². The van der Waals surface area contributed by atoms with Crippen LogP contribution in [0.2, 0.25) is 0 Å². The third-order valence-corrected chi connectivity index (χ3v) is 4.21. The molecule has 1 aliphatic rings. The summed E-state index contributed by atoms with van der Waals surface area (Å²) in [6.07, 6.45) is 2.35. The lowest BCUT2D eigenvalue weighted by Gasteiger charge is -2.18. The molecular formula is C15H16F4N2O. The van der Waals surface area contributed by atoms with Crippen molar-refractivity contribution >= 4 is 10.9 Å². The van der Waals surface area contributed by atoms with Gasteiger partial charge in [0.05, 0.1) is 11.1 Å². The third-order valence-electron chi connectivity index (χ3n) is 4.21. The Balaban J connectivity index is 1.86. The van der Waals surface area contributed by atoms with Gasteiger partial charge in [0.25, 0.3) is 0 Å². The van der Waals surface area contributed by atoms with Gasteiger partial charge in [-0.2, -0.15) is 0 Å². The Morgan fingerprint density at radius 2 is 1.86 bits per heavy atom. The Hall–Kier alpha value is -1.60. The van der Waals surface area contributed by atoms with Crippen molar-refractivity contribution in [3.8, 4) is 0 Å². The minimum absolute atomic E-state index is 0.248. The van der Waals surface area contributed by atoms with Crippen molar-refractivity contribution in [3.05, 3.63) is 35.0 Å². The number of aromatic amines is 1. The molecule has 7 heteroatoms. The number of aromatic nitrogens is 1. The van der Waals surface area contributed by atoms with Crippen molar-refractivity contribution in [1.82, 2.24) is 9.88 Å². The zero-order chi connectivity index (χ0) is 16.1. The molecule has 1 atom stereocenters. The van der Waals surface area contributed by atoms with E-state index < -0.39 is 28.9 Å². The molecule has 2 aromatic rings. The fourth-order valence-corrected chi connectivity index (χ4v) is 3.01. The van der Waals surface area contributed by atoms with Crippen LogP contribution in [0.5, 0.6) is 0 Å². The van der Waals surface area contributed by atoms with Crippen LogP contribution in [0.25, 0.3) is 10.9 Å². The fourth-order valence-electron chi connectivity index (χ4n) is 3.01. The monoisotopic (exact) mass is 316 g/mol. The first kappa shape index (κ1) is 15.3. The van der Waals surface area contributed by atoms with Gasteiger partial charge >= 0.3 is 0 Å². The van der Waals surface area contributed by atoms with Crippen molar-refractivity contribution in [2.45, 2.75) is 25.4 Å². The zero-order valence-electron chi connectivity index (χ0n) is 12.0. The van der Waals surface area contributed by atoms with Gasteiger partial charge in [-0.15, -0.1) is 0 Å². The fraction of sp³-hybridized carbons (Fsp3) is 0.467. The molecule has 3 rings (SSSR count). The van der Waals surface area contributed by atoms with Gasteiger partial charge in [-0.3, -0.25) is 0 Å². The highest BCUT2D eigenvalue weighted by atomic mass is 19.2. The van der Waals surface area contributed by atoms with Gasteiger partial charge in [-0.05, 0) is 25.3 Å². The summed E-state index contributed by atoms with van der Waals surface area (Å²) in [5.41, 5.74) is -0.719. The summed E-state index contributed by atoms with van der Waals surface area (Å²) >= 11 is 0. The lowest BCUT2D eigenvalue weighted by Crippen LogP contribution is -2.30. The van der Waals surface area contributed by atoms with Crippen LogP contribution in [0.1, 0.15) is 18.9 Å². The van der Waals surface area contributed by atoms with Crippen LogP contribution in [0.4, 0.5) is 17.6 Å². The van der Waals surface area contributed by atoms with Gasteiger partial charge in [0, 0.05) is 31.2 Å². The van der Waals surface area contributed by atoms with Crippen LogP contribution >= 0.6 is 0 Å². The minimum atomic E-state index is -1.81. The maximum atomic E-state index is 13.9. The van der Waals surface area contributed by atoms with Crippen LogP contribution < -0.4 is 0 Å². The zero-order valence-corrected chi connectivity index (χ0v) is 12.0. The second-order valence-electron chi connectivity index (χ2n) is 6.09. The molecule has 1 saturated heterocycles. The first-order chi connectivity index (χ1) is 10.3. The molecule has 0 amide bonds. The van der Waals surface area contributed by atoms with E-state index in [9.17, 15) is 22.7 Å². The predicted molar refractivity (Wildman–Crippen MR) is 73.5 cm³/mol. The Labute approximate surface area is 124 Å². The largest absolute Gasteiger partial charge is 0.389 e. The SMILES string of the molecule is CC1(O)CCN(CCc2c[nH]c3c(F)c(F)c(F)c(F)c23)C1. The van der Waals surface area contributed by atoms with Gasteiger partial charge in [0.15, 0.2) is 23.3 Å². The molecule has 2 heterocycles. The number of fused-ring (bicyclic) bond motifs is 1. The molecule has 2 N–H and O–H groups in total. The normalized spacial score (nSPS) is 22.8. The Morgan fingerprint density at radius 1 is 1.18 bits per heavy atom. The number of likely N-dealkylation sites (tertiary alicyclic amines) is 1. The summed E-state index contributed by atoms with van der Waals surface area (Å²) in [6, 6.07) is 0. The van der Waals surface area contributed by atoms with Gasteiger partial charge in [-0.25, -0.2) is 17.6 Å². The molecule has 0 bridgehead atoms. The van der Waals surface area contributed by atoms with Crippen LogP contribution in [-0.4, -0.2) is 40.2 Å². The molecule has 120 valence electrons. The maximum Gasteiger partial charge on any atom is 0.199 e. The molecule has 1 aromatic carbocycles. The van der Waals surface area contributed by atoms with Crippen LogP contribution in [0.3, 0.4) is 0 Å². The van der Waals surface area contributed by atoms with Crippen LogP contribution in [0.15, 0.2) is 6.20 Å². The number of hydrogen-bond acceptors (Lipinski definition) is 2. The van der Waals surface area contributed by atoms with Crippen molar-refractivity contribution in [1.29, 1.82) is 0 Å². The van der Waals surface area contributed by atoms with E-state index in [1.54, 1.807) is 6.92 Å². The minimum Gasteiger partial charge on any atom is -0.389 e. The summed E-state index contributed by atoms with van der Waals surface area (Å²) in [6.45, 7) is 3.46. The van der Waals surface area contributed by atoms with Crippen LogP contribution in [-0.2, 0) is 6.42 Å². The number of nitrogens with one attached hydrogen (secondary N) is 1. The highest BCUT2D eigenvalue weighted by Crippen LogP contribution is 2.29. The predicted octanol–water partition coefficient (Wildman–Crippen LogP) is 2.72. The summed E-state index contributed by atoms with van der Waals surface area (Å²) in [5, 5.41) is 9.64. The van der Waals surface area contributed by atoms with E-state index in [0.717, 1.165) is 0 Å². The number of hydrogen-bond donors (Lipinski definition) is 2. The van der Waals surface area contributed by atoms with E-state index in [1.165, 1.54) is 6.20 Å². The summed E-state index contributed by atoms with van der Waals surface area (Å²) < 4.78 is 54.1. The molecular weight excluding hydrogens is 300 g/mol. The third kappa shape index (κ3) is 2.48. The number of nitrogens with zero attached hydrogens (tertiary/aromatic N) is 1. The standard InChI is InChI=1S/C15H16F4N2O/c1-15(22)3-5-21(7-15)4-2-8-6-20-14-9(8)10(16)11(17)12(18)13(14)19/h6,20,22H,2-5,7H2,1H3. The average Bonchev–Trinajstić information content (AvgIpc) is 3.04. The molecule has 22 heavy (non-hydrogen) atoms. The Morgan fingerprint density at radius 3 is 2.50 bits per heavy atom. The molecule has 1 aliphatic heterocycles. The van der Waals surface area contributed by atoms with Crippen LogP contribution in [0, 0.1) is 23.3 Å². The molecule has 0 radical (unpaired) electrons. The Kier molecular flexibility index (Phi) is 3.65. The smallest absolute Gasteiger partial charge is 0.199 e. The summed E-state index contributed by atoms with van der Waals surface area (Å²) in [4.78, 5) is 4.46. The number of β-amino-alcohol motifs (C(OH)–C–C–N with tert-alkyl or cyclic N) is 1. The second kappa shape index (κ2) is 5.24. The first-order valence-corrected chi connectivity index (χ1v) is 7.07. The molecule has 0 saturated carbocycles. The number of H-pyrrole nitrogens is 1. The van der Waals surface area contributed by atoms with E-state index in [-0.39, 0.29) is 10.9 Å². The van der Waals surface area contributed by atoms with E-state index in [4.69, 9.17) is 0 Å². The van der Waals surface area contributed by atoms with E-state index in [1.807, 2.05) is 4.90 Å². The Bertz CT molecular complexity index is 726. The van der Waals surface area contributed by atoms with E-state index >= 15 is 0 Å². The quantitative estimate of drug-likeness (QED) is 0.519. The molecule has 3 nitrogen and oxygen atoms in total. The molecule has 0 spiro atoms. The number of benzene rings is 1. The maximum absolute atomic E-state index is 13.9. The van der Waals surface area contributed by atoms with E-state index in [2.05, 4.69) is 4.98 Å². The van der Waals surface area contributed by atoms with Gasteiger partial charge < -0.3 is 15.0 Å². The van der Waals surface area contributed by atoms with Gasteiger partial charge in [0.1, 0.15) is 0 Å². The molecule has 1 unspecified atom stereocenters. The number of aliphatic hydroxyl groups is 1. The lowest BCUT2D eigenvalue weighted by atomic mass is 10.1. The number of halogens is 4. The molecule has 1 fully saturated rings. The number of rotatable bonds is 3. The lowest BCUT2D eigenvalue weighted by molar-refractivity contribution is 0.0690. The van der Waals surface area contributed by atoms with E-state index in [0.29, 0.717) is 38.0 Å². The average molecular weight is 316 g/mol. The topological polar surface area (TPSA) is 39.3 Å². The van der Waals surface area contributed by atoms with Crippen molar-refractivity contribution in [3.63, 3.8) is 0 Å². The first-order valence-electron chi connectivity index (χ1n) is 7.07. The molecule has 0 aliphatic carbocycles. The second-order valence-corrected chi connectivity index (χ2v) is 6.09. The summed E-state index contributed by atoms with van der Waals surface area (Å²) in [7, 11) is 0. The highest BCUT2D eigenvalue weighted by Gasteiger charge is 2.31. The van der Waals surface area contributed by atoms with Gasteiger partial charge in [0.2, 0.25) is 0 Å². The highest BCUT2D eigenvalue weighted by molar-refractivity contribution is 5.84. The van der Waals surface area contributed by atoms with Crippen molar-refractivity contribution < 1.29 is 22.7 Å². The van der Waals surface area contributed by atoms with Crippen molar-refractivity contribution in [2.75, 3.05) is 19.6 Å². The summed E-state index contributed by atoms with van der Waals surface area (Å²) in [5.74, 6) is -6.40. The van der Waals surface area contributed by atoms with Crippen molar-refractivity contribution in [2.24, 2.45) is 0 Å². The molecule has 1 aromatic heterocycles.